The van der Waals surface area contributed by atoms with Crippen LogP contribution in [0.5, 0.6) is 0 Å². The number of aromatic nitrogens is 3. The van der Waals surface area contributed by atoms with Gasteiger partial charge in [-0.15, -0.1) is 0 Å². The number of benzene rings is 2. The second-order valence-corrected chi connectivity index (χ2v) is 9.17. The van der Waals surface area contributed by atoms with Crippen LogP contribution in [0.1, 0.15) is 46.3 Å². The number of hydrogen-bond acceptors (Lipinski definition) is 3. The van der Waals surface area contributed by atoms with E-state index in [4.69, 9.17) is 0 Å². The molecule has 0 atom stereocenters. The maximum atomic E-state index is 14.2. The van der Waals surface area contributed by atoms with E-state index in [9.17, 15) is 14.3 Å². The Bertz CT molecular complexity index is 1360. The minimum Gasteiger partial charge on any atom is -0.385 e. The molecule has 6 nitrogen and oxygen atoms in total. The van der Waals surface area contributed by atoms with Crippen LogP contribution in [0.2, 0.25) is 0 Å². The number of carbonyl (C=O) groups is 1. The number of nitrogens with zero attached hydrogens (tertiary/aromatic N) is 2. The van der Waals surface area contributed by atoms with Crippen LogP contribution in [-0.2, 0) is 18.4 Å². The van der Waals surface area contributed by atoms with Crippen molar-refractivity contribution >= 4 is 16.8 Å². The summed E-state index contributed by atoms with van der Waals surface area (Å²) in [7, 11) is 0. The lowest BCUT2D eigenvalue weighted by atomic mass is 9.84. The zero-order valence-electron chi connectivity index (χ0n) is 18.2. The second-order valence-electron chi connectivity index (χ2n) is 9.17. The standard InChI is InChI=1S/C26H25FN4O2/c27-21-7-2-1-6-20(21)26(33)10-12-31(13-11-26)25(32)16-8-9-22-19(14-16)18-5-3-4-17-15-28-30-23(17)24(18)29-22/h1-2,6-9,14-15,29,33H,3-5,10-13H2,(H,28,30). The molecule has 1 aliphatic heterocycles. The summed E-state index contributed by atoms with van der Waals surface area (Å²) in [6.45, 7) is 0.759. The van der Waals surface area contributed by atoms with Crippen molar-refractivity contribution in [3.63, 3.8) is 0 Å². The number of aliphatic hydroxyl groups is 1. The number of rotatable bonds is 2. The molecule has 1 aliphatic carbocycles. The summed E-state index contributed by atoms with van der Waals surface area (Å²) in [6, 6.07) is 12.1. The summed E-state index contributed by atoms with van der Waals surface area (Å²) in [5.41, 5.74) is 5.24. The Labute approximate surface area is 190 Å². The van der Waals surface area contributed by atoms with E-state index >= 15 is 0 Å². The van der Waals surface area contributed by atoms with Crippen LogP contribution >= 0.6 is 0 Å². The Kier molecular flexibility index (Phi) is 4.62. The highest BCUT2D eigenvalue weighted by atomic mass is 19.1. The monoisotopic (exact) mass is 444 g/mol. The molecule has 0 saturated carbocycles. The molecular formula is C26H25FN4O2. The highest BCUT2D eigenvalue weighted by Crippen LogP contribution is 2.37. The maximum Gasteiger partial charge on any atom is 0.253 e. The zero-order valence-corrected chi connectivity index (χ0v) is 18.2. The molecule has 1 amide bonds. The number of hydrogen-bond donors (Lipinski definition) is 3. The van der Waals surface area contributed by atoms with Crippen molar-refractivity contribution in [3.05, 3.63) is 76.7 Å². The fourth-order valence-electron chi connectivity index (χ4n) is 5.40. The normalized spacial score (nSPS) is 17.5. The molecule has 1 fully saturated rings. The third-order valence-corrected chi connectivity index (χ3v) is 7.25. The number of carbonyl (C=O) groups excluding carboxylic acids is 1. The Morgan fingerprint density at radius 1 is 1.09 bits per heavy atom. The molecule has 3 N–H and O–H groups in total. The van der Waals surface area contributed by atoms with E-state index in [-0.39, 0.29) is 5.91 Å². The van der Waals surface area contributed by atoms with Crippen LogP contribution in [0.3, 0.4) is 0 Å². The Hall–Kier alpha value is -3.45. The molecular weight excluding hydrogens is 419 g/mol. The number of fused-ring (bicyclic) bond motifs is 5. The van der Waals surface area contributed by atoms with E-state index in [1.165, 1.54) is 17.2 Å². The molecule has 2 aromatic carbocycles. The van der Waals surface area contributed by atoms with E-state index in [1.807, 2.05) is 24.4 Å². The van der Waals surface area contributed by atoms with Crippen LogP contribution in [0.4, 0.5) is 4.39 Å². The summed E-state index contributed by atoms with van der Waals surface area (Å²) in [4.78, 5) is 18.6. The number of H-pyrrole nitrogens is 2. The van der Waals surface area contributed by atoms with Crippen molar-refractivity contribution in [2.24, 2.45) is 0 Å². The van der Waals surface area contributed by atoms with E-state index < -0.39 is 11.4 Å². The molecule has 168 valence electrons. The van der Waals surface area contributed by atoms with Gasteiger partial charge in [-0.3, -0.25) is 9.89 Å². The van der Waals surface area contributed by atoms with Gasteiger partial charge < -0.3 is 15.0 Å². The van der Waals surface area contributed by atoms with Crippen molar-refractivity contribution < 1.29 is 14.3 Å². The number of nitrogens with one attached hydrogen (secondary N) is 2. The van der Waals surface area contributed by atoms with Crippen molar-refractivity contribution in [2.75, 3.05) is 13.1 Å². The number of likely N-dealkylation sites (tertiary alicyclic amines) is 1. The molecule has 6 rings (SSSR count). The first-order valence-electron chi connectivity index (χ1n) is 11.5. The lowest BCUT2D eigenvalue weighted by molar-refractivity contribution is -0.0235. The predicted octanol–water partition coefficient (Wildman–Crippen LogP) is 4.31. The fraction of sp³-hybridized carbons (Fsp3) is 0.308. The van der Waals surface area contributed by atoms with E-state index in [1.54, 1.807) is 23.1 Å². The van der Waals surface area contributed by atoms with Gasteiger partial charge in [-0.05, 0) is 67.5 Å². The molecule has 1 saturated heterocycles. The minimum absolute atomic E-state index is 0.0571. The molecule has 0 radical (unpaired) electrons. The molecule has 33 heavy (non-hydrogen) atoms. The molecule has 7 heteroatoms. The Balaban J connectivity index is 1.27. The molecule has 0 spiro atoms. The van der Waals surface area contributed by atoms with Crippen LogP contribution in [0, 0.1) is 5.82 Å². The van der Waals surface area contributed by atoms with Gasteiger partial charge in [0.2, 0.25) is 0 Å². The third-order valence-electron chi connectivity index (χ3n) is 7.25. The first-order valence-corrected chi connectivity index (χ1v) is 11.5. The Morgan fingerprint density at radius 3 is 2.73 bits per heavy atom. The van der Waals surface area contributed by atoms with E-state index in [0.717, 1.165) is 41.6 Å². The number of amides is 1. The zero-order chi connectivity index (χ0) is 22.6. The summed E-state index contributed by atoms with van der Waals surface area (Å²) in [5, 5.41) is 19.4. The third kappa shape index (κ3) is 3.26. The summed E-state index contributed by atoms with van der Waals surface area (Å²) in [5.74, 6) is -0.461. The molecule has 2 aromatic heterocycles. The van der Waals surface area contributed by atoms with Crippen molar-refractivity contribution in [2.45, 2.75) is 37.7 Å². The Morgan fingerprint density at radius 2 is 1.91 bits per heavy atom. The molecule has 4 aromatic rings. The number of aromatic amines is 2. The SMILES string of the molecule is O=C(c1ccc2[nH]c3c(c2c1)CCCc1cn[nH]c1-3)N1CCC(O)(c2ccccc2F)CC1. The van der Waals surface area contributed by atoms with Crippen LogP contribution in [-0.4, -0.2) is 44.2 Å². The van der Waals surface area contributed by atoms with Gasteiger partial charge in [0.05, 0.1) is 23.2 Å². The summed E-state index contributed by atoms with van der Waals surface area (Å²) < 4.78 is 14.2. The highest BCUT2D eigenvalue weighted by Gasteiger charge is 2.37. The number of piperidine rings is 1. The molecule has 2 aliphatic rings. The van der Waals surface area contributed by atoms with Crippen molar-refractivity contribution in [1.82, 2.24) is 20.1 Å². The van der Waals surface area contributed by atoms with E-state index in [0.29, 0.717) is 37.1 Å². The van der Waals surface area contributed by atoms with Crippen LogP contribution < -0.4 is 0 Å². The topological polar surface area (TPSA) is 85.0 Å². The van der Waals surface area contributed by atoms with Crippen LogP contribution in [0.25, 0.3) is 22.3 Å². The number of halogens is 1. The predicted molar refractivity (Wildman–Crippen MR) is 123 cm³/mol. The highest BCUT2D eigenvalue weighted by molar-refractivity contribution is 6.00. The fourth-order valence-corrected chi connectivity index (χ4v) is 5.40. The molecule has 0 bridgehead atoms. The summed E-state index contributed by atoms with van der Waals surface area (Å²) >= 11 is 0. The lowest BCUT2D eigenvalue weighted by Crippen LogP contribution is -2.45. The molecule has 0 unspecified atom stereocenters. The van der Waals surface area contributed by atoms with Crippen molar-refractivity contribution in [3.8, 4) is 11.4 Å². The number of aryl methyl sites for hydroxylation is 2. The van der Waals surface area contributed by atoms with E-state index in [2.05, 4.69) is 15.2 Å². The maximum absolute atomic E-state index is 14.2. The first kappa shape index (κ1) is 20.2. The average molecular weight is 445 g/mol. The van der Waals surface area contributed by atoms with Gasteiger partial charge in [0.15, 0.2) is 0 Å². The van der Waals surface area contributed by atoms with Gasteiger partial charge in [0.25, 0.3) is 5.91 Å². The quantitative estimate of drug-likeness (QED) is 0.431. The van der Waals surface area contributed by atoms with Gasteiger partial charge in [0, 0.05) is 35.1 Å². The van der Waals surface area contributed by atoms with Gasteiger partial charge >= 0.3 is 0 Å². The second kappa shape index (κ2) is 7.56. The minimum atomic E-state index is -1.24. The van der Waals surface area contributed by atoms with Crippen LogP contribution in [0.15, 0.2) is 48.7 Å². The van der Waals surface area contributed by atoms with Gasteiger partial charge in [-0.1, -0.05) is 18.2 Å². The largest absolute Gasteiger partial charge is 0.385 e. The van der Waals surface area contributed by atoms with Crippen molar-refractivity contribution in [1.29, 1.82) is 0 Å². The smallest absolute Gasteiger partial charge is 0.253 e. The van der Waals surface area contributed by atoms with Gasteiger partial charge in [-0.25, -0.2) is 4.39 Å². The average Bonchev–Trinajstić information content (AvgIpc) is 3.39. The van der Waals surface area contributed by atoms with Gasteiger partial charge in [0.1, 0.15) is 5.82 Å². The lowest BCUT2D eigenvalue weighted by Gasteiger charge is -2.38. The summed E-state index contributed by atoms with van der Waals surface area (Å²) in [6.07, 6.45) is 5.46. The molecule has 3 heterocycles. The van der Waals surface area contributed by atoms with Gasteiger partial charge in [-0.2, -0.15) is 5.10 Å². The first-order chi connectivity index (χ1) is 16.0.